The van der Waals surface area contributed by atoms with Gasteiger partial charge in [0.25, 0.3) is 11.8 Å². The molecule has 6 heteroatoms. The van der Waals surface area contributed by atoms with Crippen LogP contribution in [0.4, 0.5) is 11.4 Å². The maximum Gasteiger partial charge on any atom is 0.265 e. The van der Waals surface area contributed by atoms with Crippen molar-refractivity contribution in [2.24, 2.45) is 0 Å². The van der Waals surface area contributed by atoms with Gasteiger partial charge in [0.05, 0.1) is 5.69 Å². The van der Waals surface area contributed by atoms with Gasteiger partial charge in [-0.3, -0.25) is 9.59 Å². The van der Waals surface area contributed by atoms with Crippen molar-refractivity contribution in [3.63, 3.8) is 0 Å². The third kappa shape index (κ3) is 4.58. The van der Waals surface area contributed by atoms with Crippen LogP contribution in [-0.2, 0) is 15.0 Å². The molecule has 0 spiro atoms. The van der Waals surface area contributed by atoms with Gasteiger partial charge < -0.3 is 20.1 Å². The summed E-state index contributed by atoms with van der Waals surface area (Å²) in [6.07, 6.45) is -0.674. The quantitative estimate of drug-likeness (QED) is 0.862. The normalized spacial score (nSPS) is 14.4. The number of rotatable bonds is 4. The fraction of sp³-hybridized carbons (Fsp3) is 0.333. The maximum atomic E-state index is 12.4. The summed E-state index contributed by atoms with van der Waals surface area (Å²) in [5.74, 6) is 0.715. The van der Waals surface area contributed by atoms with Gasteiger partial charge in [-0.2, -0.15) is 0 Å². The second kappa shape index (κ2) is 7.31. The molecule has 1 aliphatic rings. The first-order valence-corrected chi connectivity index (χ1v) is 8.87. The third-order valence-corrected chi connectivity index (χ3v) is 4.28. The van der Waals surface area contributed by atoms with Crippen molar-refractivity contribution in [2.45, 2.75) is 39.2 Å². The Hall–Kier alpha value is -3.02. The van der Waals surface area contributed by atoms with Gasteiger partial charge in [0.2, 0.25) is 0 Å². The van der Waals surface area contributed by atoms with Gasteiger partial charge in [0.15, 0.2) is 12.7 Å². The van der Waals surface area contributed by atoms with Crippen LogP contribution in [-0.4, -0.2) is 24.5 Å². The lowest BCUT2D eigenvalue weighted by molar-refractivity contribution is -0.122. The third-order valence-electron chi connectivity index (χ3n) is 4.28. The van der Waals surface area contributed by atoms with Crippen LogP contribution in [0.5, 0.6) is 11.5 Å². The van der Waals surface area contributed by atoms with E-state index in [0.717, 1.165) is 0 Å². The summed E-state index contributed by atoms with van der Waals surface area (Å²) in [7, 11) is 0. The molecule has 1 aliphatic heterocycles. The summed E-state index contributed by atoms with van der Waals surface area (Å²) in [6, 6.07) is 12.8. The van der Waals surface area contributed by atoms with Gasteiger partial charge in [0.1, 0.15) is 11.5 Å². The smallest absolute Gasteiger partial charge is 0.265 e. The van der Waals surface area contributed by atoms with E-state index < -0.39 is 6.10 Å². The van der Waals surface area contributed by atoms with E-state index in [0.29, 0.717) is 22.9 Å². The molecule has 6 nitrogen and oxygen atoms in total. The number of amides is 2. The molecule has 0 aliphatic carbocycles. The Morgan fingerprint density at radius 2 is 1.89 bits per heavy atom. The number of hydrogen-bond donors (Lipinski definition) is 2. The molecule has 1 atom stereocenters. The van der Waals surface area contributed by atoms with Crippen LogP contribution in [0, 0.1) is 0 Å². The first-order valence-electron chi connectivity index (χ1n) is 8.87. The van der Waals surface area contributed by atoms with Gasteiger partial charge in [-0.1, -0.05) is 32.9 Å². The van der Waals surface area contributed by atoms with Crippen molar-refractivity contribution < 1.29 is 19.1 Å². The molecule has 3 rings (SSSR count). The van der Waals surface area contributed by atoms with Gasteiger partial charge in [-0.15, -0.1) is 0 Å². The highest BCUT2D eigenvalue weighted by Gasteiger charge is 2.19. The van der Waals surface area contributed by atoms with Crippen molar-refractivity contribution >= 4 is 23.2 Å². The summed E-state index contributed by atoms with van der Waals surface area (Å²) >= 11 is 0. The van der Waals surface area contributed by atoms with Crippen LogP contribution in [0.15, 0.2) is 42.5 Å². The van der Waals surface area contributed by atoms with Crippen molar-refractivity contribution in [2.75, 3.05) is 17.2 Å². The van der Waals surface area contributed by atoms with E-state index in [2.05, 4.69) is 31.4 Å². The number of hydrogen-bond acceptors (Lipinski definition) is 4. The molecule has 142 valence electrons. The monoisotopic (exact) mass is 368 g/mol. The van der Waals surface area contributed by atoms with E-state index in [1.807, 2.05) is 24.3 Å². The van der Waals surface area contributed by atoms with Gasteiger partial charge >= 0.3 is 0 Å². The highest BCUT2D eigenvalue weighted by atomic mass is 16.5. The number of carbonyl (C=O) groups is 2. The maximum absolute atomic E-state index is 12.4. The number of ether oxygens (including phenoxy) is 2. The minimum absolute atomic E-state index is 0.00240. The molecule has 2 aromatic rings. The van der Waals surface area contributed by atoms with Crippen molar-refractivity contribution in [3.8, 4) is 11.5 Å². The minimum Gasteiger partial charge on any atom is -0.482 e. The average Bonchev–Trinajstić information content (AvgIpc) is 2.61. The van der Waals surface area contributed by atoms with Crippen molar-refractivity contribution in [1.29, 1.82) is 0 Å². The van der Waals surface area contributed by atoms with Gasteiger partial charge in [0, 0.05) is 5.69 Å². The average molecular weight is 368 g/mol. The molecule has 1 heterocycles. The summed E-state index contributed by atoms with van der Waals surface area (Å²) in [5.41, 5.74) is 2.36. The molecule has 2 N–H and O–H groups in total. The minimum atomic E-state index is -0.674. The predicted octanol–water partition coefficient (Wildman–Crippen LogP) is 3.72. The second-order valence-electron chi connectivity index (χ2n) is 7.57. The highest BCUT2D eigenvalue weighted by Crippen LogP contribution is 2.30. The summed E-state index contributed by atoms with van der Waals surface area (Å²) in [5, 5.41) is 5.51. The summed E-state index contributed by atoms with van der Waals surface area (Å²) < 4.78 is 11.0. The second-order valence-corrected chi connectivity index (χ2v) is 7.57. The molecule has 0 saturated carbocycles. The van der Waals surface area contributed by atoms with Crippen LogP contribution in [0.25, 0.3) is 0 Å². The zero-order valence-electron chi connectivity index (χ0n) is 16.0. The molecular weight excluding hydrogens is 344 g/mol. The predicted molar refractivity (Wildman–Crippen MR) is 104 cm³/mol. The van der Waals surface area contributed by atoms with Crippen LogP contribution < -0.4 is 20.1 Å². The molecule has 0 fully saturated rings. The fourth-order valence-corrected chi connectivity index (χ4v) is 2.70. The number of anilines is 2. The van der Waals surface area contributed by atoms with E-state index in [4.69, 9.17) is 9.47 Å². The van der Waals surface area contributed by atoms with E-state index in [1.165, 1.54) is 5.56 Å². The fourth-order valence-electron chi connectivity index (χ4n) is 2.70. The Balaban J connectivity index is 1.62. The lowest BCUT2D eigenvalue weighted by atomic mass is 9.87. The first-order chi connectivity index (χ1) is 12.7. The molecule has 0 unspecified atom stereocenters. The molecule has 0 radical (unpaired) electrons. The van der Waals surface area contributed by atoms with Crippen LogP contribution in [0.2, 0.25) is 0 Å². The zero-order valence-corrected chi connectivity index (χ0v) is 16.0. The Morgan fingerprint density at radius 3 is 2.56 bits per heavy atom. The van der Waals surface area contributed by atoms with E-state index in [1.54, 1.807) is 25.1 Å². The molecular formula is C21H24N2O4. The molecule has 0 bridgehead atoms. The Bertz CT molecular complexity index is 853. The van der Waals surface area contributed by atoms with Crippen molar-refractivity contribution in [3.05, 3.63) is 48.0 Å². The van der Waals surface area contributed by atoms with Gasteiger partial charge in [-0.05, 0) is 48.2 Å². The molecule has 2 aromatic carbocycles. The lowest BCUT2D eigenvalue weighted by Crippen LogP contribution is -2.30. The number of fused-ring (bicyclic) bond motifs is 1. The van der Waals surface area contributed by atoms with Crippen LogP contribution in [0.3, 0.4) is 0 Å². The van der Waals surface area contributed by atoms with Crippen molar-refractivity contribution in [1.82, 2.24) is 0 Å². The van der Waals surface area contributed by atoms with Crippen LogP contribution in [0.1, 0.15) is 33.3 Å². The topological polar surface area (TPSA) is 76.7 Å². The Kier molecular flexibility index (Phi) is 5.08. The summed E-state index contributed by atoms with van der Waals surface area (Å²) in [4.78, 5) is 23.8. The first kappa shape index (κ1) is 18.8. The van der Waals surface area contributed by atoms with E-state index in [9.17, 15) is 9.59 Å². The molecule has 27 heavy (non-hydrogen) atoms. The zero-order chi connectivity index (χ0) is 19.6. The lowest BCUT2D eigenvalue weighted by Gasteiger charge is -2.21. The molecule has 0 aromatic heterocycles. The molecule has 2 amide bonds. The Morgan fingerprint density at radius 1 is 1.19 bits per heavy atom. The number of nitrogens with one attached hydrogen (secondary N) is 2. The van der Waals surface area contributed by atoms with E-state index >= 15 is 0 Å². The standard InChI is InChI=1S/C21H24N2O4/c1-13(27-16-8-5-14(6-9-16)21(2,3)4)20(25)22-15-7-10-18-17(11-15)23-19(24)12-26-18/h5-11,13H,12H2,1-4H3,(H,22,25)(H,23,24)/t13-/m0/s1. The Labute approximate surface area is 158 Å². The van der Waals surface area contributed by atoms with E-state index in [-0.39, 0.29) is 23.8 Å². The largest absolute Gasteiger partial charge is 0.482 e. The summed E-state index contributed by atoms with van der Waals surface area (Å²) in [6.45, 7) is 8.12. The van der Waals surface area contributed by atoms with Crippen LogP contribution >= 0.6 is 0 Å². The number of benzene rings is 2. The highest BCUT2D eigenvalue weighted by molar-refractivity contribution is 5.98. The molecule has 0 saturated heterocycles. The SMILES string of the molecule is C[C@H](Oc1ccc(C(C)(C)C)cc1)C(=O)Nc1ccc2c(c1)NC(=O)CO2. The van der Waals surface area contributed by atoms with Gasteiger partial charge in [-0.25, -0.2) is 0 Å². The number of carbonyl (C=O) groups excluding carboxylic acids is 2.